The fraction of sp³-hybridized carbons (Fsp3) is 0.360. The number of nitrogens with zero attached hydrogens (tertiary/aromatic N) is 2. The number of benzene rings is 2. The Bertz CT molecular complexity index is 1050. The molecule has 1 heterocycles. The van der Waals surface area contributed by atoms with Crippen LogP contribution in [0.15, 0.2) is 54.7 Å². The molecule has 0 aliphatic heterocycles. The second-order valence-electron chi connectivity index (χ2n) is 9.01. The third-order valence-electron chi connectivity index (χ3n) is 5.82. The van der Waals surface area contributed by atoms with Gasteiger partial charge >= 0.3 is 0 Å². The van der Waals surface area contributed by atoms with Crippen LogP contribution in [0.2, 0.25) is 0 Å². The summed E-state index contributed by atoms with van der Waals surface area (Å²) in [5.41, 5.74) is 5.75. The number of anilines is 1. The summed E-state index contributed by atoms with van der Waals surface area (Å²) in [6.07, 6.45) is 4.04. The zero-order chi connectivity index (χ0) is 22.0. The first kappa shape index (κ1) is 21.1. The Labute approximate surface area is 183 Å². The van der Waals surface area contributed by atoms with E-state index in [9.17, 15) is 4.79 Å². The molecule has 0 fully saturated rings. The summed E-state index contributed by atoms with van der Waals surface area (Å²) in [5, 5.41) is 11.3. The van der Waals surface area contributed by atoms with Gasteiger partial charge in [-0.2, -0.15) is 5.10 Å². The molecular formula is C25H30N4O2. The van der Waals surface area contributed by atoms with Crippen molar-refractivity contribution < 1.29 is 9.53 Å². The maximum atomic E-state index is 11.2. The first-order valence-corrected chi connectivity index (χ1v) is 10.7. The predicted octanol–water partition coefficient (Wildman–Crippen LogP) is 4.64. The van der Waals surface area contributed by atoms with E-state index in [-0.39, 0.29) is 17.4 Å². The van der Waals surface area contributed by atoms with E-state index in [0.717, 1.165) is 36.5 Å². The molecule has 1 unspecified atom stereocenters. The molecule has 1 aromatic heterocycles. The van der Waals surface area contributed by atoms with Crippen molar-refractivity contribution in [3.8, 4) is 11.4 Å². The second-order valence-corrected chi connectivity index (χ2v) is 9.01. The highest BCUT2D eigenvalue weighted by Crippen LogP contribution is 2.41. The molecule has 0 bridgehead atoms. The van der Waals surface area contributed by atoms with Gasteiger partial charge < -0.3 is 15.4 Å². The number of nitrogens with one attached hydrogen (secondary N) is 2. The maximum absolute atomic E-state index is 11.2. The van der Waals surface area contributed by atoms with Gasteiger partial charge in [0, 0.05) is 36.5 Å². The van der Waals surface area contributed by atoms with Crippen molar-refractivity contribution in [2.75, 3.05) is 12.4 Å². The first-order chi connectivity index (χ1) is 14.8. The Balaban J connectivity index is 1.53. The van der Waals surface area contributed by atoms with Crippen LogP contribution < -0.4 is 15.4 Å². The van der Waals surface area contributed by atoms with E-state index >= 15 is 0 Å². The summed E-state index contributed by atoms with van der Waals surface area (Å²) in [6.45, 7) is 6.91. The van der Waals surface area contributed by atoms with Crippen LogP contribution in [-0.4, -0.2) is 22.8 Å². The van der Waals surface area contributed by atoms with Crippen molar-refractivity contribution in [1.29, 1.82) is 0 Å². The van der Waals surface area contributed by atoms with Crippen molar-refractivity contribution in [2.45, 2.75) is 46.2 Å². The van der Waals surface area contributed by atoms with E-state index in [1.165, 1.54) is 23.7 Å². The maximum Gasteiger partial charge on any atom is 0.221 e. The molecule has 0 radical (unpaired) electrons. The minimum absolute atomic E-state index is 0.0586. The molecule has 0 saturated heterocycles. The smallest absolute Gasteiger partial charge is 0.221 e. The van der Waals surface area contributed by atoms with Crippen molar-refractivity contribution >= 4 is 11.6 Å². The Morgan fingerprint density at radius 1 is 1.16 bits per heavy atom. The van der Waals surface area contributed by atoms with E-state index in [0.29, 0.717) is 0 Å². The van der Waals surface area contributed by atoms with Crippen LogP contribution in [0.3, 0.4) is 0 Å². The Morgan fingerprint density at radius 3 is 2.52 bits per heavy atom. The minimum Gasteiger partial charge on any atom is -0.497 e. The number of carbonyl (C=O) groups is 1. The molecule has 31 heavy (non-hydrogen) atoms. The number of ether oxygens (including phenoxy) is 1. The van der Waals surface area contributed by atoms with Crippen LogP contribution in [0.5, 0.6) is 5.75 Å². The molecule has 1 aliphatic rings. The highest BCUT2D eigenvalue weighted by Gasteiger charge is 2.35. The highest BCUT2D eigenvalue weighted by atomic mass is 16.5. The minimum atomic E-state index is -0.0586. The monoisotopic (exact) mass is 418 g/mol. The van der Waals surface area contributed by atoms with Crippen LogP contribution in [0.4, 0.5) is 5.69 Å². The largest absolute Gasteiger partial charge is 0.497 e. The normalized spacial score (nSPS) is 17.1. The first-order valence-electron chi connectivity index (χ1n) is 10.7. The molecule has 0 spiro atoms. The number of carbonyl (C=O) groups excluding carboxylic acids is 1. The topological polar surface area (TPSA) is 68.2 Å². The lowest BCUT2D eigenvalue weighted by Gasteiger charge is -2.36. The highest BCUT2D eigenvalue weighted by molar-refractivity contribution is 5.88. The molecule has 2 N–H and O–H groups in total. The van der Waals surface area contributed by atoms with Gasteiger partial charge in [0.1, 0.15) is 5.75 Å². The van der Waals surface area contributed by atoms with Crippen LogP contribution in [0.1, 0.15) is 50.1 Å². The van der Waals surface area contributed by atoms with Gasteiger partial charge in [-0.25, -0.2) is 4.68 Å². The number of hydrogen-bond donors (Lipinski definition) is 2. The van der Waals surface area contributed by atoms with Gasteiger partial charge in [0.15, 0.2) is 0 Å². The van der Waals surface area contributed by atoms with Crippen LogP contribution in [0.25, 0.3) is 5.69 Å². The number of rotatable bonds is 6. The van der Waals surface area contributed by atoms with Crippen molar-refractivity contribution in [1.82, 2.24) is 15.1 Å². The molecule has 1 aliphatic carbocycles. The molecule has 1 atom stereocenters. The fourth-order valence-electron chi connectivity index (χ4n) is 4.32. The summed E-state index contributed by atoms with van der Waals surface area (Å²) in [7, 11) is 1.68. The van der Waals surface area contributed by atoms with Gasteiger partial charge in [-0.3, -0.25) is 4.79 Å². The third kappa shape index (κ3) is 4.80. The van der Waals surface area contributed by atoms with E-state index in [4.69, 9.17) is 9.84 Å². The van der Waals surface area contributed by atoms with Crippen LogP contribution in [-0.2, 0) is 17.8 Å². The second kappa shape index (κ2) is 8.55. The molecule has 162 valence electrons. The molecule has 6 nitrogen and oxygen atoms in total. The molecular weight excluding hydrogens is 388 g/mol. The lowest BCUT2D eigenvalue weighted by molar-refractivity contribution is -0.114. The van der Waals surface area contributed by atoms with Crippen molar-refractivity contribution in [3.05, 3.63) is 71.5 Å². The Kier molecular flexibility index (Phi) is 5.83. The van der Waals surface area contributed by atoms with Gasteiger partial charge in [-0.1, -0.05) is 26.0 Å². The number of aromatic nitrogens is 2. The van der Waals surface area contributed by atoms with Crippen LogP contribution >= 0.6 is 0 Å². The van der Waals surface area contributed by atoms with Crippen molar-refractivity contribution in [3.63, 3.8) is 0 Å². The Morgan fingerprint density at radius 2 is 1.87 bits per heavy atom. The van der Waals surface area contributed by atoms with E-state index in [1.807, 2.05) is 54.7 Å². The van der Waals surface area contributed by atoms with E-state index < -0.39 is 0 Å². The molecule has 0 saturated carbocycles. The summed E-state index contributed by atoms with van der Waals surface area (Å²) < 4.78 is 7.35. The summed E-state index contributed by atoms with van der Waals surface area (Å²) >= 11 is 0. The van der Waals surface area contributed by atoms with Gasteiger partial charge in [-0.05, 0) is 60.2 Å². The number of amides is 1. The lowest BCUT2D eigenvalue weighted by atomic mass is 9.74. The standard InChI is InChI=1S/C25H30N4O2/c1-17(30)28-19-7-5-18(6-8-19)15-26-23-13-25(2,3)14-24-22(23)16-27-29(24)20-9-11-21(31-4)12-10-20/h5-12,16,23,26H,13-15H2,1-4H3,(H,28,30). The molecule has 1 amide bonds. The average molecular weight is 419 g/mol. The van der Waals surface area contributed by atoms with Gasteiger partial charge in [0.25, 0.3) is 0 Å². The number of fused-ring (bicyclic) bond motifs is 1. The molecule has 2 aromatic carbocycles. The molecule has 3 aromatic rings. The summed E-state index contributed by atoms with van der Waals surface area (Å²) in [6, 6.07) is 16.3. The number of methoxy groups -OCH3 is 1. The Hall–Kier alpha value is -3.12. The number of hydrogen-bond acceptors (Lipinski definition) is 4. The average Bonchev–Trinajstić information content (AvgIpc) is 3.15. The fourth-order valence-corrected chi connectivity index (χ4v) is 4.32. The summed E-state index contributed by atoms with van der Waals surface area (Å²) in [5.74, 6) is 0.783. The summed E-state index contributed by atoms with van der Waals surface area (Å²) in [4.78, 5) is 11.2. The zero-order valence-electron chi connectivity index (χ0n) is 18.6. The van der Waals surface area contributed by atoms with E-state index in [2.05, 4.69) is 29.2 Å². The van der Waals surface area contributed by atoms with Gasteiger partial charge in [0.05, 0.1) is 19.0 Å². The zero-order valence-corrected chi connectivity index (χ0v) is 18.6. The molecule has 6 heteroatoms. The SMILES string of the molecule is COc1ccc(-n2ncc3c2CC(C)(C)CC3NCc2ccc(NC(C)=O)cc2)cc1. The third-order valence-corrected chi connectivity index (χ3v) is 5.82. The van der Waals surface area contributed by atoms with Crippen LogP contribution in [0, 0.1) is 5.41 Å². The lowest BCUT2D eigenvalue weighted by Crippen LogP contribution is -2.33. The van der Waals surface area contributed by atoms with Gasteiger partial charge in [0.2, 0.25) is 5.91 Å². The predicted molar refractivity (Wildman–Crippen MR) is 123 cm³/mol. The van der Waals surface area contributed by atoms with E-state index in [1.54, 1.807) is 7.11 Å². The quantitative estimate of drug-likeness (QED) is 0.612. The molecule has 4 rings (SSSR count). The van der Waals surface area contributed by atoms with Crippen molar-refractivity contribution in [2.24, 2.45) is 5.41 Å². The van der Waals surface area contributed by atoms with Gasteiger partial charge in [-0.15, -0.1) is 0 Å².